The van der Waals surface area contributed by atoms with E-state index < -0.39 is 42.2 Å². The van der Waals surface area contributed by atoms with Crippen LogP contribution in [0.15, 0.2) is 18.2 Å². The molecule has 1 aliphatic carbocycles. The van der Waals surface area contributed by atoms with Crippen LogP contribution in [0.5, 0.6) is 5.75 Å². The quantitative estimate of drug-likeness (QED) is 0.586. The van der Waals surface area contributed by atoms with E-state index in [1.807, 2.05) is 0 Å². The Morgan fingerprint density at radius 1 is 1.23 bits per heavy atom. The minimum Gasteiger partial charge on any atom is -0.403 e. The third-order valence-electron chi connectivity index (χ3n) is 5.80. The van der Waals surface area contributed by atoms with E-state index in [1.165, 1.54) is 6.07 Å². The van der Waals surface area contributed by atoms with Gasteiger partial charge in [-0.3, -0.25) is 19.8 Å². The van der Waals surface area contributed by atoms with Gasteiger partial charge in [-0.25, -0.2) is 4.39 Å². The minimum absolute atomic E-state index is 0.0275. The number of halogens is 4. The number of carbonyl (C=O) groups is 2. The molecule has 170 valence electrons. The van der Waals surface area contributed by atoms with Crippen molar-refractivity contribution in [3.05, 3.63) is 29.6 Å². The maximum atomic E-state index is 14.2. The zero-order valence-corrected chi connectivity index (χ0v) is 16.7. The summed E-state index contributed by atoms with van der Waals surface area (Å²) in [5, 5.41) is 8.85. The molecule has 3 atom stereocenters. The van der Waals surface area contributed by atoms with Crippen LogP contribution in [-0.4, -0.2) is 48.5 Å². The van der Waals surface area contributed by atoms with Crippen LogP contribution >= 0.6 is 0 Å². The van der Waals surface area contributed by atoms with E-state index in [-0.39, 0.29) is 18.2 Å². The Balaban J connectivity index is 1.45. The first-order valence-corrected chi connectivity index (χ1v) is 10.3. The molecular weight excluding hydrogens is 420 g/mol. The van der Waals surface area contributed by atoms with Crippen molar-refractivity contribution >= 4 is 11.8 Å². The molecule has 2 aliphatic heterocycles. The molecule has 31 heavy (non-hydrogen) atoms. The van der Waals surface area contributed by atoms with E-state index >= 15 is 0 Å². The van der Waals surface area contributed by atoms with Gasteiger partial charge in [0.25, 0.3) is 0 Å². The second-order valence-electron chi connectivity index (χ2n) is 8.20. The highest BCUT2D eigenvalue weighted by Gasteiger charge is 2.39. The fraction of sp³-hybridized carbons (Fsp3) is 0.600. The van der Waals surface area contributed by atoms with Gasteiger partial charge in [-0.15, -0.1) is 13.2 Å². The lowest BCUT2D eigenvalue weighted by atomic mass is 10.0. The Morgan fingerprint density at radius 2 is 1.94 bits per heavy atom. The normalized spacial score (nSPS) is 25.7. The van der Waals surface area contributed by atoms with E-state index in [9.17, 15) is 27.2 Å². The number of ether oxygens (including phenoxy) is 1. The Kier molecular flexibility index (Phi) is 6.07. The summed E-state index contributed by atoms with van der Waals surface area (Å²) in [7, 11) is 0. The summed E-state index contributed by atoms with van der Waals surface area (Å²) in [6, 6.07) is 1.88. The molecule has 1 aromatic carbocycles. The third-order valence-corrected chi connectivity index (χ3v) is 5.80. The van der Waals surface area contributed by atoms with Crippen LogP contribution in [0.1, 0.15) is 43.7 Å². The lowest BCUT2D eigenvalue weighted by molar-refractivity contribution is -0.275. The average Bonchev–Trinajstić information content (AvgIpc) is 3.38. The molecule has 3 aliphatic rings. The average molecular weight is 444 g/mol. The van der Waals surface area contributed by atoms with Gasteiger partial charge in [-0.2, -0.15) is 0 Å². The Labute approximate surface area is 176 Å². The molecule has 0 radical (unpaired) electrons. The van der Waals surface area contributed by atoms with Crippen LogP contribution in [0.2, 0.25) is 0 Å². The molecule has 2 unspecified atom stereocenters. The lowest BCUT2D eigenvalue weighted by Gasteiger charge is -2.36. The van der Waals surface area contributed by atoms with Crippen molar-refractivity contribution in [2.75, 3.05) is 13.1 Å². The minimum atomic E-state index is -4.99. The molecule has 1 aromatic rings. The predicted octanol–water partition coefficient (Wildman–Crippen LogP) is 2.15. The second kappa shape index (κ2) is 8.62. The number of nitrogens with one attached hydrogen (secondary N) is 3. The zero-order valence-electron chi connectivity index (χ0n) is 16.7. The fourth-order valence-corrected chi connectivity index (χ4v) is 4.13. The Bertz CT molecular complexity index is 840. The molecular formula is C20H24F4N4O3. The molecule has 2 amide bonds. The van der Waals surface area contributed by atoms with Gasteiger partial charge in [-0.05, 0) is 49.3 Å². The van der Waals surface area contributed by atoms with E-state index in [0.717, 1.165) is 50.9 Å². The Hall–Kier alpha value is -2.40. The summed E-state index contributed by atoms with van der Waals surface area (Å²) in [6.07, 6.45) is -1.78. The molecule has 0 aromatic heterocycles. The fourth-order valence-electron chi connectivity index (χ4n) is 4.13. The SMILES string of the molecule is O=C1CC(C(=O)N[C@@H](c2ccc(OC(F)(F)F)c(F)c2)C2CC2)NC(N2CCCC2)N1. The van der Waals surface area contributed by atoms with Gasteiger partial charge in [0.15, 0.2) is 11.6 Å². The van der Waals surface area contributed by atoms with Gasteiger partial charge < -0.3 is 15.4 Å². The number of hydrogen-bond donors (Lipinski definition) is 3. The number of hydrogen-bond acceptors (Lipinski definition) is 5. The van der Waals surface area contributed by atoms with Crippen molar-refractivity contribution < 1.29 is 31.9 Å². The van der Waals surface area contributed by atoms with Crippen LogP contribution in [0, 0.1) is 11.7 Å². The van der Waals surface area contributed by atoms with Crippen LogP contribution < -0.4 is 20.7 Å². The standard InChI is InChI=1S/C20H24F4N4O3/c21-13-9-12(5-6-15(13)31-20(22,23)24)17(11-3-4-11)27-18(30)14-10-16(29)26-19(25-14)28-7-1-2-8-28/h5-6,9,11,14,17,19,25H,1-4,7-8,10H2,(H,26,29)(H,27,30)/t14?,17-,19?/m1/s1. The molecule has 3 N–H and O–H groups in total. The van der Waals surface area contributed by atoms with Crippen molar-refractivity contribution in [1.29, 1.82) is 0 Å². The number of benzene rings is 1. The van der Waals surface area contributed by atoms with Gasteiger partial charge in [0.05, 0.1) is 18.5 Å². The van der Waals surface area contributed by atoms with Crippen molar-refractivity contribution in [2.24, 2.45) is 5.92 Å². The maximum Gasteiger partial charge on any atom is 0.573 e. The topological polar surface area (TPSA) is 82.7 Å². The monoisotopic (exact) mass is 444 g/mol. The summed E-state index contributed by atoms with van der Waals surface area (Å²) < 4.78 is 55.0. The number of rotatable bonds is 6. The molecule has 3 fully saturated rings. The van der Waals surface area contributed by atoms with Gasteiger partial charge in [-0.1, -0.05) is 6.07 Å². The number of alkyl halides is 3. The lowest BCUT2D eigenvalue weighted by Crippen LogP contribution is -2.66. The number of amides is 2. The first-order valence-electron chi connectivity index (χ1n) is 10.3. The molecule has 0 bridgehead atoms. The zero-order chi connectivity index (χ0) is 22.2. The Morgan fingerprint density at radius 3 is 2.55 bits per heavy atom. The smallest absolute Gasteiger partial charge is 0.403 e. The van der Waals surface area contributed by atoms with E-state index in [1.54, 1.807) is 0 Å². The highest BCUT2D eigenvalue weighted by atomic mass is 19.4. The van der Waals surface area contributed by atoms with Crippen LogP contribution in [0.3, 0.4) is 0 Å². The van der Waals surface area contributed by atoms with Crippen molar-refractivity contribution in [2.45, 2.75) is 56.8 Å². The van der Waals surface area contributed by atoms with Gasteiger partial charge >= 0.3 is 6.36 Å². The number of carbonyl (C=O) groups excluding carboxylic acids is 2. The molecule has 7 nitrogen and oxygen atoms in total. The molecule has 2 heterocycles. The number of likely N-dealkylation sites (tertiary alicyclic amines) is 1. The molecule has 0 spiro atoms. The summed E-state index contributed by atoms with van der Waals surface area (Å²) in [5.41, 5.74) is 0.360. The second-order valence-corrected chi connectivity index (χ2v) is 8.20. The first-order chi connectivity index (χ1) is 14.7. The third kappa shape index (κ3) is 5.45. The van der Waals surface area contributed by atoms with Crippen molar-refractivity contribution in [3.8, 4) is 5.75 Å². The van der Waals surface area contributed by atoms with Gasteiger partial charge in [0.2, 0.25) is 11.8 Å². The van der Waals surface area contributed by atoms with Crippen molar-refractivity contribution in [1.82, 2.24) is 20.9 Å². The summed E-state index contributed by atoms with van der Waals surface area (Å²) >= 11 is 0. The summed E-state index contributed by atoms with van der Waals surface area (Å²) in [4.78, 5) is 27.1. The van der Waals surface area contributed by atoms with Crippen LogP contribution in [-0.2, 0) is 9.59 Å². The van der Waals surface area contributed by atoms with Crippen molar-refractivity contribution in [3.63, 3.8) is 0 Å². The maximum absolute atomic E-state index is 14.2. The highest BCUT2D eigenvalue weighted by Crippen LogP contribution is 2.42. The predicted molar refractivity (Wildman–Crippen MR) is 101 cm³/mol. The summed E-state index contributed by atoms with van der Waals surface area (Å²) in [5.74, 6) is -2.65. The van der Waals surface area contributed by atoms with Gasteiger partial charge in [0, 0.05) is 13.1 Å². The first kappa shape index (κ1) is 21.8. The summed E-state index contributed by atoms with van der Waals surface area (Å²) in [6.45, 7) is 1.64. The molecule has 4 rings (SSSR count). The number of nitrogens with zero attached hydrogens (tertiary/aromatic N) is 1. The van der Waals surface area contributed by atoms with E-state index in [2.05, 4.69) is 25.6 Å². The van der Waals surface area contributed by atoms with E-state index in [0.29, 0.717) is 5.56 Å². The van der Waals surface area contributed by atoms with Gasteiger partial charge in [0.1, 0.15) is 6.29 Å². The molecule has 1 saturated carbocycles. The largest absolute Gasteiger partial charge is 0.573 e. The van der Waals surface area contributed by atoms with E-state index in [4.69, 9.17) is 0 Å². The van der Waals surface area contributed by atoms with Crippen LogP contribution in [0.4, 0.5) is 17.6 Å². The molecule has 11 heteroatoms. The molecule has 2 saturated heterocycles. The van der Waals surface area contributed by atoms with Crippen LogP contribution in [0.25, 0.3) is 0 Å². The highest BCUT2D eigenvalue weighted by molar-refractivity contribution is 5.89.